The highest BCUT2D eigenvalue weighted by Gasteiger charge is 2.32. The molecule has 1 heterocycles. The SMILES string of the molecule is O=C1Nc2ccc(OC(F)(F)F)cc2C1=Cc1cc(I)c(O)c(I)c1. The van der Waals surface area contributed by atoms with Gasteiger partial charge >= 0.3 is 6.36 Å². The molecule has 0 atom stereocenters. The van der Waals surface area contributed by atoms with Gasteiger partial charge in [0, 0.05) is 16.8 Å². The first kappa shape index (κ1) is 18.3. The van der Waals surface area contributed by atoms with E-state index in [2.05, 4.69) is 10.1 Å². The number of fused-ring (bicyclic) bond motifs is 1. The van der Waals surface area contributed by atoms with E-state index in [-0.39, 0.29) is 11.3 Å². The van der Waals surface area contributed by atoms with Crippen LogP contribution in [-0.2, 0) is 4.79 Å². The number of amides is 1. The molecule has 0 aliphatic carbocycles. The third-order valence-corrected chi connectivity index (χ3v) is 5.00. The van der Waals surface area contributed by atoms with Gasteiger partial charge in [-0.2, -0.15) is 0 Å². The molecule has 2 aromatic carbocycles. The van der Waals surface area contributed by atoms with Crippen molar-refractivity contribution in [3.05, 3.63) is 48.6 Å². The first-order chi connectivity index (χ1) is 11.6. The lowest BCUT2D eigenvalue weighted by molar-refractivity contribution is -0.274. The minimum Gasteiger partial charge on any atom is -0.506 e. The molecule has 0 radical (unpaired) electrons. The highest BCUT2D eigenvalue weighted by Crippen LogP contribution is 2.37. The molecule has 9 heteroatoms. The van der Waals surface area contributed by atoms with Crippen LogP contribution in [0.5, 0.6) is 11.5 Å². The van der Waals surface area contributed by atoms with Crippen LogP contribution in [0.2, 0.25) is 0 Å². The van der Waals surface area contributed by atoms with E-state index in [0.29, 0.717) is 24.0 Å². The number of rotatable bonds is 2. The Morgan fingerprint density at radius 3 is 2.36 bits per heavy atom. The van der Waals surface area contributed by atoms with Gasteiger partial charge in [-0.25, -0.2) is 0 Å². The third-order valence-electron chi connectivity index (χ3n) is 3.36. The maximum Gasteiger partial charge on any atom is 0.573 e. The van der Waals surface area contributed by atoms with Gasteiger partial charge in [0.15, 0.2) is 0 Å². The largest absolute Gasteiger partial charge is 0.573 e. The average Bonchev–Trinajstić information content (AvgIpc) is 2.79. The minimum absolute atomic E-state index is 0.139. The van der Waals surface area contributed by atoms with E-state index in [9.17, 15) is 23.1 Å². The number of phenols is 1. The number of ether oxygens (including phenoxy) is 1. The second-order valence-electron chi connectivity index (χ2n) is 5.10. The quantitative estimate of drug-likeness (QED) is 0.394. The molecule has 4 nitrogen and oxygen atoms in total. The zero-order valence-electron chi connectivity index (χ0n) is 12.1. The monoisotopic (exact) mass is 573 g/mol. The zero-order chi connectivity index (χ0) is 18.4. The van der Waals surface area contributed by atoms with Crippen molar-refractivity contribution in [1.82, 2.24) is 0 Å². The fourth-order valence-electron chi connectivity index (χ4n) is 2.34. The summed E-state index contributed by atoms with van der Waals surface area (Å²) in [6.45, 7) is 0. The van der Waals surface area contributed by atoms with Gasteiger partial charge in [-0.1, -0.05) is 0 Å². The molecule has 2 N–H and O–H groups in total. The van der Waals surface area contributed by atoms with E-state index < -0.39 is 18.0 Å². The van der Waals surface area contributed by atoms with Crippen molar-refractivity contribution in [1.29, 1.82) is 0 Å². The van der Waals surface area contributed by atoms with Crippen LogP contribution < -0.4 is 10.1 Å². The molecule has 1 amide bonds. The Bertz CT molecular complexity index is 887. The lowest BCUT2D eigenvalue weighted by atomic mass is 10.0. The van der Waals surface area contributed by atoms with Crippen LogP contribution in [0.25, 0.3) is 11.6 Å². The van der Waals surface area contributed by atoms with Gasteiger partial charge in [-0.05, 0) is 87.2 Å². The summed E-state index contributed by atoms with van der Waals surface area (Å²) >= 11 is 3.92. The number of carbonyl (C=O) groups is 1. The summed E-state index contributed by atoms with van der Waals surface area (Å²) in [4.78, 5) is 12.2. The molecule has 0 spiro atoms. The number of alkyl halides is 3. The van der Waals surface area contributed by atoms with Crippen LogP contribution in [0.4, 0.5) is 18.9 Å². The second kappa shape index (κ2) is 6.67. The normalized spacial score (nSPS) is 15.2. The molecule has 0 saturated carbocycles. The molecule has 1 aliphatic heterocycles. The molecule has 0 aromatic heterocycles. The molecule has 0 fully saturated rings. The molecule has 2 aromatic rings. The Morgan fingerprint density at radius 2 is 1.76 bits per heavy atom. The molecule has 1 aliphatic rings. The molecule has 0 unspecified atom stereocenters. The summed E-state index contributed by atoms with van der Waals surface area (Å²) in [5, 5.41) is 12.4. The number of aromatic hydroxyl groups is 1. The predicted octanol–water partition coefficient (Wildman–Crippen LogP) is 4.99. The van der Waals surface area contributed by atoms with Gasteiger partial charge in [-0.3, -0.25) is 4.79 Å². The molecule has 3 rings (SSSR count). The standard InChI is InChI=1S/C16H8F3I2NO3/c17-16(18,19)25-8-1-2-13-9(6-8)10(15(24)22-13)3-7-4-11(20)14(23)12(21)5-7/h1-6,23H,(H,22,24). The number of nitrogens with one attached hydrogen (secondary N) is 1. The molecule has 0 bridgehead atoms. The number of benzene rings is 2. The van der Waals surface area contributed by atoms with Gasteiger partial charge in [0.25, 0.3) is 5.91 Å². The summed E-state index contributed by atoms with van der Waals surface area (Å²) in [6, 6.07) is 7.02. The van der Waals surface area contributed by atoms with Crippen LogP contribution >= 0.6 is 45.2 Å². The summed E-state index contributed by atoms with van der Waals surface area (Å²) < 4.78 is 42.3. The Balaban J connectivity index is 2.05. The minimum atomic E-state index is -4.81. The summed E-state index contributed by atoms with van der Waals surface area (Å²) in [6.07, 6.45) is -3.25. The van der Waals surface area contributed by atoms with E-state index >= 15 is 0 Å². The molecule has 130 valence electrons. The van der Waals surface area contributed by atoms with Gasteiger partial charge in [0.05, 0.1) is 7.14 Å². The molecular weight excluding hydrogens is 565 g/mol. The first-order valence-electron chi connectivity index (χ1n) is 6.75. The Morgan fingerprint density at radius 1 is 1.12 bits per heavy atom. The van der Waals surface area contributed by atoms with Gasteiger partial charge in [0.1, 0.15) is 11.5 Å². The maximum atomic E-state index is 12.4. The summed E-state index contributed by atoms with van der Waals surface area (Å²) in [5.74, 6) is -0.679. The van der Waals surface area contributed by atoms with Crippen molar-refractivity contribution in [3.63, 3.8) is 0 Å². The number of hydrogen-bond donors (Lipinski definition) is 2. The van der Waals surface area contributed by atoms with Crippen molar-refractivity contribution < 1.29 is 27.8 Å². The fraction of sp³-hybridized carbons (Fsp3) is 0.0625. The first-order valence-corrected chi connectivity index (χ1v) is 8.91. The van der Waals surface area contributed by atoms with Crippen LogP contribution in [0.3, 0.4) is 0 Å². The van der Waals surface area contributed by atoms with Gasteiger partial charge in [-0.15, -0.1) is 13.2 Å². The number of halogens is 5. The van der Waals surface area contributed by atoms with Crippen molar-refractivity contribution in [2.45, 2.75) is 6.36 Å². The highest BCUT2D eigenvalue weighted by atomic mass is 127. The third kappa shape index (κ3) is 4.02. The van der Waals surface area contributed by atoms with Crippen molar-refractivity contribution in [2.24, 2.45) is 0 Å². The van der Waals surface area contributed by atoms with E-state index in [1.54, 1.807) is 18.2 Å². The van der Waals surface area contributed by atoms with E-state index in [1.807, 2.05) is 45.2 Å². The molecule has 25 heavy (non-hydrogen) atoms. The Kier molecular flexibility index (Phi) is 4.88. The zero-order valence-corrected chi connectivity index (χ0v) is 16.4. The second-order valence-corrected chi connectivity index (χ2v) is 7.42. The van der Waals surface area contributed by atoms with Crippen LogP contribution in [0.1, 0.15) is 11.1 Å². The van der Waals surface area contributed by atoms with Crippen LogP contribution in [0, 0.1) is 7.14 Å². The van der Waals surface area contributed by atoms with Crippen molar-refractivity contribution >= 4 is 68.4 Å². The number of carbonyl (C=O) groups excluding carboxylic acids is 1. The average molecular weight is 573 g/mol. The van der Waals surface area contributed by atoms with Gasteiger partial charge < -0.3 is 15.2 Å². The van der Waals surface area contributed by atoms with E-state index in [1.165, 1.54) is 12.1 Å². The number of phenolic OH excluding ortho intramolecular Hbond substituents is 1. The van der Waals surface area contributed by atoms with Crippen molar-refractivity contribution in [2.75, 3.05) is 5.32 Å². The number of anilines is 1. The summed E-state index contributed by atoms with van der Waals surface area (Å²) in [5.41, 5.74) is 1.60. The van der Waals surface area contributed by atoms with Gasteiger partial charge in [0.2, 0.25) is 0 Å². The highest BCUT2D eigenvalue weighted by molar-refractivity contribution is 14.1. The van der Waals surface area contributed by atoms with Crippen LogP contribution in [0.15, 0.2) is 30.3 Å². The van der Waals surface area contributed by atoms with E-state index in [4.69, 9.17) is 0 Å². The van der Waals surface area contributed by atoms with Crippen molar-refractivity contribution in [3.8, 4) is 11.5 Å². The number of hydrogen-bond acceptors (Lipinski definition) is 3. The molecular formula is C16H8F3I2NO3. The lowest BCUT2D eigenvalue weighted by Crippen LogP contribution is -2.17. The molecule has 0 saturated heterocycles. The smallest absolute Gasteiger partial charge is 0.506 e. The fourth-order valence-corrected chi connectivity index (χ4v) is 4.16. The predicted molar refractivity (Wildman–Crippen MR) is 103 cm³/mol. The Hall–Kier alpha value is -1.50. The topological polar surface area (TPSA) is 58.6 Å². The van der Waals surface area contributed by atoms with Crippen LogP contribution in [-0.4, -0.2) is 17.4 Å². The summed E-state index contributed by atoms with van der Waals surface area (Å²) in [7, 11) is 0. The lowest BCUT2D eigenvalue weighted by Gasteiger charge is -2.10. The Labute approximate surface area is 167 Å². The maximum absolute atomic E-state index is 12.4. The van der Waals surface area contributed by atoms with E-state index in [0.717, 1.165) is 6.07 Å².